The molecule has 0 aromatic heterocycles. The maximum Gasteiger partial charge on any atom is 0.336 e. The molecular formula is C28H31ClN4O2S. The van der Waals surface area contributed by atoms with Crippen LogP contribution in [0, 0.1) is 6.92 Å². The average molecular weight is 523 g/mol. The predicted octanol–water partition coefficient (Wildman–Crippen LogP) is 7.55. The number of rotatable bonds is 6. The van der Waals surface area contributed by atoms with Gasteiger partial charge in [0.15, 0.2) is 0 Å². The molecule has 1 fully saturated rings. The summed E-state index contributed by atoms with van der Waals surface area (Å²) in [4.78, 5) is 27.6. The van der Waals surface area contributed by atoms with Gasteiger partial charge in [0.25, 0.3) is 5.91 Å². The first kappa shape index (κ1) is 25.9. The van der Waals surface area contributed by atoms with Crippen LogP contribution in [0.2, 0.25) is 5.02 Å². The first-order valence-corrected chi connectivity index (χ1v) is 12.9. The number of urea groups is 1. The molecule has 0 unspecified atom stereocenters. The molecule has 1 saturated carbocycles. The lowest BCUT2D eigenvalue weighted by molar-refractivity contribution is 0.102. The van der Waals surface area contributed by atoms with Gasteiger partial charge in [-0.15, -0.1) is 0 Å². The van der Waals surface area contributed by atoms with Crippen molar-refractivity contribution in [3.63, 3.8) is 0 Å². The Morgan fingerprint density at radius 2 is 1.58 bits per heavy atom. The molecule has 6 nitrogen and oxygen atoms in total. The van der Waals surface area contributed by atoms with Crippen LogP contribution in [-0.4, -0.2) is 25.0 Å². The molecule has 0 bridgehead atoms. The van der Waals surface area contributed by atoms with Gasteiger partial charge in [-0.05, 0) is 73.9 Å². The third-order valence-electron chi connectivity index (χ3n) is 6.65. The van der Waals surface area contributed by atoms with Crippen LogP contribution in [0.3, 0.4) is 0 Å². The van der Waals surface area contributed by atoms with Gasteiger partial charge < -0.3 is 15.5 Å². The van der Waals surface area contributed by atoms with Crippen LogP contribution in [-0.2, 0) is 0 Å². The van der Waals surface area contributed by atoms with Crippen molar-refractivity contribution < 1.29 is 9.59 Å². The summed E-state index contributed by atoms with van der Waals surface area (Å²) in [5, 5.41) is 6.31. The number of nitrogens with zero attached hydrogens (tertiary/aromatic N) is 2. The second-order valence-electron chi connectivity index (χ2n) is 9.13. The summed E-state index contributed by atoms with van der Waals surface area (Å²) in [6, 6.07) is 19.9. The predicted molar refractivity (Wildman–Crippen MR) is 153 cm³/mol. The van der Waals surface area contributed by atoms with Crippen LogP contribution in [0.25, 0.3) is 0 Å². The summed E-state index contributed by atoms with van der Waals surface area (Å²) in [7, 11) is 2.08. The van der Waals surface area contributed by atoms with E-state index in [-0.39, 0.29) is 5.91 Å². The summed E-state index contributed by atoms with van der Waals surface area (Å²) in [5.41, 5.74) is 4.26. The van der Waals surface area contributed by atoms with Gasteiger partial charge in [-0.25, -0.2) is 9.10 Å². The lowest BCUT2D eigenvalue weighted by atomic mass is 9.94. The number of hydrogen-bond donors (Lipinski definition) is 3. The van der Waals surface area contributed by atoms with E-state index in [1.807, 2.05) is 37.3 Å². The number of thiol groups is 1. The fourth-order valence-electron chi connectivity index (χ4n) is 4.54. The second kappa shape index (κ2) is 11.7. The van der Waals surface area contributed by atoms with Gasteiger partial charge in [-0.1, -0.05) is 61.9 Å². The van der Waals surface area contributed by atoms with Crippen molar-refractivity contribution in [2.45, 2.75) is 45.1 Å². The fourth-order valence-corrected chi connectivity index (χ4v) is 5.04. The number of halogens is 1. The first-order valence-electron chi connectivity index (χ1n) is 12.1. The minimum atomic E-state index is -0.417. The van der Waals surface area contributed by atoms with Gasteiger partial charge in [-0.3, -0.25) is 4.79 Å². The van der Waals surface area contributed by atoms with Crippen molar-refractivity contribution in [2.24, 2.45) is 0 Å². The van der Waals surface area contributed by atoms with Gasteiger partial charge in [0.2, 0.25) is 0 Å². The molecular weight excluding hydrogens is 492 g/mol. The molecule has 3 amide bonds. The van der Waals surface area contributed by atoms with Crippen LogP contribution in [0.5, 0.6) is 0 Å². The molecule has 1 aliphatic carbocycles. The number of carbonyl (C=O) groups is 2. The van der Waals surface area contributed by atoms with E-state index in [9.17, 15) is 9.59 Å². The van der Waals surface area contributed by atoms with Gasteiger partial charge in [0.05, 0.1) is 16.4 Å². The zero-order valence-electron chi connectivity index (χ0n) is 20.5. The Labute approximate surface area is 223 Å². The van der Waals surface area contributed by atoms with E-state index in [2.05, 4.69) is 35.4 Å². The van der Waals surface area contributed by atoms with Crippen LogP contribution in [0.4, 0.5) is 27.5 Å². The summed E-state index contributed by atoms with van der Waals surface area (Å²) in [5.74, 6) is -0.184. The molecule has 3 aromatic carbocycles. The van der Waals surface area contributed by atoms with Crippen LogP contribution in [0.15, 0.2) is 66.7 Å². The summed E-state index contributed by atoms with van der Waals surface area (Å²) in [6.07, 6.45) is 6.15. The summed E-state index contributed by atoms with van der Waals surface area (Å²) in [6.45, 7) is 1.89. The van der Waals surface area contributed by atoms with Crippen molar-refractivity contribution in [3.8, 4) is 0 Å². The number of hydrogen-bond acceptors (Lipinski definition) is 4. The van der Waals surface area contributed by atoms with E-state index in [1.165, 1.54) is 36.4 Å². The molecule has 4 rings (SSSR count). The van der Waals surface area contributed by atoms with Crippen molar-refractivity contribution in [1.29, 1.82) is 0 Å². The molecule has 0 saturated heterocycles. The van der Waals surface area contributed by atoms with E-state index in [0.717, 1.165) is 11.3 Å². The van der Waals surface area contributed by atoms with Crippen molar-refractivity contribution in [1.82, 2.24) is 0 Å². The van der Waals surface area contributed by atoms with Gasteiger partial charge in [0, 0.05) is 30.0 Å². The molecule has 36 heavy (non-hydrogen) atoms. The van der Waals surface area contributed by atoms with E-state index < -0.39 is 6.03 Å². The summed E-state index contributed by atoms with van der Waals surface area (Å²) < 4.78 is 1.21. The molecule has 0 aliphatic heterocycles. The largest absolute Gasteiger partial charge is 0.370 e. The molecule has 0 radical (unpaired) electrons. The molecule has 3 aromatic rings. The van der Waals surface area contributed by atoms with E-state index in [0.29, 0.717) is 33.7 Å². The standard InChI is InChI=1S/C28H31ClN4O2S/c1-19-8-6-7-11-24(19)27(34)30-20-12-15-23(16-13-20)33(36)28(35)31-21-14-17-26(25(29)18-21)32(2)22-9-4-3-5-10-22/h6-8,11-18,22,36H,3-5,9-10H2,1-2H3,(H,30,34)(H,31,35). The van der Waals surface area contributed by atoms with E-state index in [4.69, 9.17) is 11.6 Å². The molecule has 1 aliphatic rings. The number of nitrogens with one attached hydrogen (secondary N) is 2. The highest BCUT2D eigenvalue weighted by Gasteiger charge is 2.21. The number of benzene rings is 3. The number of carbonyl (C=O) groups excluding carboxylic acids is 2. The van der Waals surface area contributed by atoms with Crippen molar-refractivity contribution in [3.05, 3.63) is 82.9 Å². The Kier molecular flexibility index (Phi) is 8.44. The molecule has 0 spiro atoms. The minimum Gasteiger partial charge on any atom is -0.370 e. The number of anilines is 4. The molecule has 0 heterocycles. The van der Waals surface area contributed by atoms with Crippen molar-refractivity contribution >= 4 is 59.1 Å². The molecule has 188 valence electrons. The van der Waals surface area contributed by atoms with E-state index in [1.54, 1.807) is 36.4 Å². The van der Waals surface area contributed by atoms with Gasteiger partial charge >= 0.3 is 6.03 Å². The SMILES string of the molecule is Cc1ccccc1C(=O)Nc1ccc(N(S)C(=O)Nc2ccc(N(C)C3CCCCC3)c(Cl)c2)cc1. The topological polar surface area (TPSA) is 64.7 Å². The minimum absolute atomic E-state index is 0.184. The third-order valence-corrected chi connectivity index (χ3v) is 7.37. The fraction of sp³-hybridized carbons (Fsp3) is 0.286. The maximum atomic E-state index is 12.8. The molecule has 8 heteroatoms. The average Bonchev–Trinajstić information content (AvgIpc) is 2.89. The van der Waals surface area contributed by atoms with Gasteiger partial charge in [-0.2, -0.15) is 0 Å². The Balaban J connectivity index is 1.37. The first-order chi connectivity index (χ1) is 17.3. The Morgan fingerprint density at radius 3 is 2.25 bits per heavy atom. The monoisotopic (exact) mass is 522 g/mol. The van der Waals surface area contributed by atoms with Crippen molar-refractivity contribution in [2.75, 3.05) is 26.9 Å². The highest BCUT2D eigenvalue weighted by Crippen LogP contribution is 2.33. The van der Waals surface area contributed by atoms with Crippen LogP contribution in [0.1, 0.15) is 48.0 Å². The third kappa shape index (κ3) is 6.15. The highest BCUT2D eigenvalue weighted by molar-refractivity contribution is 7.82. The lowest BCUT2D eigenvalue weighted by Crippen LogP contribution is -2.33. The quantitative estimate of drug-likeness (QED) is 0.293. The molecule has 0 atom stereocenters. The van der Waals surface area contributed by atoms with Gasteiger partial charge in [0.1, 0.15) is 0 Å². The summed E-state index contributed by atoms with van der Waals surface area (Å²) >= 11 is 10.9. The zero-order chi connectivity index (χ0) is 25.7. The smallest absolute Gasteiger partial charge is 0.336 e. The number of amides is 3. The Morgan fingerprint density at radius 1 is 0.917 bits per heavy atom. The zero-order valence-corrected chi connectivity index (χ0v) is 22.2. The Hall–Kier alpha value is -3.16. The highest BCUT2D eigenvalue weighted by atomic mass is 35.5. The van der Waals surface area contributed by atoms with E-state index >= 15 is 0 Å². The molecule has 2 N–H and O–H groups in total. The Bertz CT molecular complexity index is 1230. The normalized spacial score (nSPS) is 13.7. The maximum absolute atomic E-state index is 12.8. The number of aryl methyl sites for hydroxylation is 1. The lowest BCUT2D eigenvalue weighted by Gasteiger charge is -2.33. The second-order valence-corrected chi connectivity index (χ2v) is 9.93. The van der Waals surface area contributed by atoms with Crippen LogP contribution >= 0.6 is 24.4 Å². The van der Waals surface area contributed by atoms with Crippen LogP contribution < -0.4 is 19.8 Å².